The van der Waals surface area contributed by atoms with E-state index in [1.807, 2.05) is 53.7 Å². The number of esters is 1. The molecule has 6 heterocycles. The lowest BCUT2D eigenvalue weighted by atomic mass is 9.72. The molecule has 0 amide bonds. The first kappa shape index (κ1) is 41.2. The normalized spacial score (nSPS) is 46.7. The van der Waals surface area contributed by atoms with Gasteiger partial charge in [-0.05, 0) is 82.3 Å². The SMILES string of the molecule is CCC(C(=O)OC)C1CCC(C)C(C(C)C(O)C(C)C(=O)C(CC)C2OC3(C=CC4OC5(C6CCC(O)(CC)C(C)O6)CCC4(O3)O5)C(C)CC2C)O1. The van der Waals surface area contributed by atoms with Crippen molar-refractivity contribution in [1.29, 1.82) is 0 Å². The molecule has 5 fully saturated rings. The van der Waals surface area contributed by atoms with Gasteiger partial charge in [0.25, 0.3) is 0 Å². The number of methoxy groups -OCH3 is 1. The molecular weight excluding hydrogens is 680 g/mol. The summed E-state index contributed by atoms with van der Waals surface area (Å²) in [6.45, 7) is 18.0. The summed E-state index contributed by atoms with van der Waals surface area (Å²) in [7, 11) is 1.41. The summed E-state index contributed by atoms with van der Waals surface area (Å²) in [5.74, 6) is -5.00. The molecule has 2 spiro atoms. The third-order valence-corrected chi connectivity index (χ3v) is 14.5. The van der Waals surface area contributed by atoms with Crippen molar-refractivity contribution in [2.24, 2.45) is 41.4 Å². The van der Waals surface area contributed by atoms with Gasteiger partial charge in [0.05, 0.1) is 49.1 Å². The zero-order valence-corrected chi connectivity index (χ0v) is 33.9. The summed E-state index contributed by atoms with van der Waals surface area (Å²) >= 11 is 0. The van der Waals surface area contributed by atoms with Crippen LogP contribution in [-0.4, -0.2) is 94.8 Å². The number of carbonyl (C=O) groups excluding carboxylic acids is 2. The Morgan fingerprint density at radius 1 is 0.868 bits per heavy atom. The second-order valence-electron chi connectivity index (χ2n) is 17.7. The van der Waals surface area contributed by atoms with Crippen molar-refractivity contribution in [3.8, 4) is 0 Å². The largest absolute Gasteiger partial charge is 0.469 e. The highest BCUT2D eigenvalue weighted by Gasteiger charge is 2.71. The Morgan fingerprint density at radius 2 is 1.57 bits per heavy atom. The quantitative estimate of drug-likeness (QED) is 0.173. The van der Waals surface area contributed by atoms with E-state index < -0.39 is 53.1 Å². The van der Waals surface area contributed by atoms with Crippen LogP contribution < -0.4 is 0 Å². The maximum absolute atomic E-state index is 14.5. The zero-order valence-electron chi connectivity index (χ0n) is 33.9. The molecule has 2 N–H and O–H groups in total. The molecule has 2 bridgehead atoms. The van der Waals surface area contributed by atoms with Crippen LogP contribution in [0.1, 0.15) is 127 Å². The van der Waals surface area contributed by atoms with Crippen molar-refractivity contribution in [3.05, 3.63) is 12.2 Å². The smallest absolute Gasteiger partial charge is 0.311 e. The maximum atomic E-state index is 14.5. The summed E-state index contributed by atoms with van der Waals surface area (Å²) in [6.07, 6.45) is 7.59. The van der Waals surface area contributed by atoms with Crippen LogP contribution in [-0.2, 0) is 42.7 Å². The van der Waals surface area contributed by atoms with Crippen LogP contribution >= 0.6 is 0 Å². The van der Waals surface area contributed by atoms with Crippen LogP contribution in [0.5, 0.6) is 0 Å². The number of hydrogen-bond acceptors (Lipinski definition) is 11. The Hall–Kier alpha value is -1.44. The molecule has 0 radical (unpaired) electrons. The van der Waals surface area contributed by atoms with Crippen molar-refractivity contribution in [2.75, 3.05) is 7.11 Å². The van der Waals surface area contributed by atoms with Crippen LogP contribution in [0.3, 0.4) is 0 Å². The fourth-order valence-corrected chi connectivity index (χ4v) is 10.8. The highest BCUT2D eigenvalue weighted by molar-refractivity contribution is 5.84. The lowest BCUT2D eigenvalue weighted by molar-refractivity contribution is -0.381. The maximum Gasteiger partial charge on any atom is 0.311 e. The van der Waals surface area contributed by atoms with Crippen molar-refractivity contribution >= 4 is 11.8 Å². The molecular formula is C42H68O11. The third-order valence-electron chi connectivity index (χ3n) is 14.5. The minimum absolute atomic E-state index is 0.0181. The molecule has 11 nitrogen and oxygen atoms in total. The zero-order chi connectivity index (χ0) is 38.7. The number of hydrogen-bond donors (Lipinski definition) is 2. The molecule has 53 heavy (non-hydrogen) atoms. The number of aliphatic hydroxyl groups excluding tert-OH is 1. The molecule has 11 heteroatoms. The molecule has 302 valence electrons. The summed E-state index contributed by atoms with van der Waals surface area (Å²) in [5.41, 5.74) is -0.861. The number of carbonyl (C=O) groups is 2. The van der Waals surface area contributed by atoms with Crippen LogP contribution in [0.4, 0.5) is 0 Å². The number of rotatable bonds is 12. The van der Waals surface area contributed by atoms with Crippen LogP contribution in [0.25, 0.3) is 0 Å². The minimum Gasteiger partial charge on any atom is -0.469 e. The Balaban J connectivity index is 1.15. The number of fused-ring (bicyclic) bond motifs is 1. The van der Waals surface area contributed by atoms with E-state index in [0.717, 1.165) is 19.3 Å². The van der Waals surface area contributed by atoms with E-state index in [2.05, 4.69) is 20.8 Å². The molecule has 18 unspecified atom stereocenters. The van der Waals surface area contributed by atoms with Gasteiger partial charge in [0.1, 0.15) is 18.0 Å². The van der Waals surface area contributed by atoms with Gasteiger partial charge in [0, 0.05) is 36.5 Å². The van der Waals surface area contributed by atoms with E-state index in [4.69, 9.17) is 33.2 Å². The minimum atomic E-state index is -1.11. The third kappa shape index (κ3) is 7.10. The Kier molecular flexibility index (Phi) is 12.0. The fraction of sp³-hybridized carbons (Fsp3) is 0.905. The summed E-state index contributed by atoms with van der Waals surface area (Å²) in [5, 5.41) is 22.8. The van der Waals surface area contributed by atoms with Gasteiger partial charge in [-0.3, -0.25) is 9.59 Å². The molecule has 6 aliphatic heterocycles. The van der Waals surface area contributed by atoms with E-state index in [0.29, 0.717) is 44.9 Å². The molecule has 0 saturated carbocycles. The van der Waals surface area contributed by atoms with Crippen LogP contribution in [0.15, 0.2) is 12.2 Å². The lowest BCUT2D eigenvalue weighted by Crippen LogP contribution is -2.61. The first-order valence-corrected chi connectivity index (χ1v) is 20.8. The van der Waals surface area contributed by atoms with E-state index in [1.165, 1.54) is 7.11 Å². The molecule has 0 aromatic rings. The van der Waals surface area contributed by atoms with Gasteiger partial charge in [0.2, 0.25) is 5.79 Å². The second-order valence-corrected chi connectivity index (χ2v) is 17.7. The monoisotopic (exact) mass is 748 g/mol. The number of aliphatic hydroxyl groups is 2. The second kappa shape index (κ2) is 15.5. The van der Waals surface area contributed by atoms with E-state index in [-0.39, 0.29) is 65.8 Å². The molecule has 0 aromatic heterocycles. The molecule has 5 saturated heterocycles. The fourth-order valence-electron chi connectivity index (χ4n) is 10.8. The van der Waals surface area contributed by atoms with Crippen molar-refractivity contribution in [2.45, 2.75) is 192 Å². The summed E-state index contributed by atoms with van der Waals surface area (Å²) in [6, 6.07) is 0. The Morgan fingerprint density at radius 3 is 2.21 bits per heavy atom. The number of Topliss-reactive ketones (excluding diaryl/α,β-unsaturated/α-hetero) is 1. The van der Waals surface area contributed by atoms with Gasteiger partial charge in [0.15, 0.2) is 11.6 Å². The highest BCUT2D eigenvalue weighted by atomic mass is 16.9. The van der Waals surface area contributed by atoms with E-state index >= 15 is 0 Å². The summed E-state index contributed by atoms with van der Waals surface area (Å²) < 4.78 is 45.5. The average molecular weight is 749 g/mol. The van der Waals surface area contributed by atoms with Crippen LogP contribution in [0.2, 0.25) is 0 Å². The van der Waals surface area contributed by atoms with Gasteiger partial charge < -0.3 is 43.4 Å². The van der Waals surface area contributed by atoms with Gasteiger partial charge in [-0.15, -0.1) is 0 Å². The van der Waals surface area contributed by atoms with Crippen molar-refractivity contribution in [1.82, 2.24) is 0 Å². The number of ether oxygens (including phenoxy) is 7. The Labute approximate surface area is 317 Å². The van der Waals surface area contributed by atoms with Gasteiger partial charge in [-0.1, -0.05) is 55.4 Å². The van der Waals surface area contributed by atoms with E-state index in [9.17, 15) is 19.8 Å². The van der Waals surface area contributed by atoms with Crippen LogP contribution in [0, 0.1) is 41.4 Å². The van der Waals surface area contributed by atoms with E-state index in [1.54, 1.807) is 0 Å². The predicted octanol–water partition coefficient (Wildman–Crippen LogP) is 6.25. The van der Waals surface area contributed by atoms with Crippen molar-refractivity contribution in [3.63, 3.8) is 0 Å². The molecule has 0 aliphatic carbocycles. The average Bonchev–Trinajstić information content (AvgIpc) is 3.68. The standard InChI is InChI=1S/C42H68O11/c1-11-29(38(45)47-10)31-15-14-23(4)36(49-31)27(8)34(43)26(7)35(44)30(12-2)37-24(5)22-25(6)40(51-37)19-17-33-42(52-40)21-20-41(50-33,53-42)32-16-18-39(46,13-3)28(9)48-32/h17,19,23-34,36-37,43,46H,11-16,18,20-22H2,1-10H3. The first-order chi connectivity index (χ1) is 25.0. The van der Waals surface area contributed by atoms with Gasteiger partial charge >= 0.3 is 5.97 Å². The lowest BCUT2D eigenvalue weighted by Gasteiger charge is -2.53. The molecule has 0 aromatic carbocycles. The number of ketones is 1. The topological polar surface area (TPSA) is 139 Å². The van der Waals surface area contributed by atoms with Crippen molar-refractivity contribution < 1.29 is 53.0 Å². The summed E-state index contributed by atoms with van der Waals surface area (Å²) in [4.78, 5) is 27.0. The first-order valence-electron chi connectivity index (χ1n) is 20.8. The predicted molar refractivity (Wildman–Crippen MR) is 196 cm³/mol. The molecule has 18 atom stereocenters. The highest BCUT2D eigenvalue weighted by Crippen LogP contribution is 2.59. The Bertz CT molecular complexity index is 1360. The van der Waals surface area contributed by atoms with Gasteiger partial charge in [-0.2, -0.15) is 0 Å². The van der Waals surface area contributed by atoms with Gasteiger partial charge in [-0.25, -0.2) is 0 Å². The molecule has 6 aliphatic rings. The molecule has 6 rings (SSSR count).